The molecule has 2 heterocycles. The van der Waals surface area contributed by atoms with Crippen molar-refractivity contribution in [1.82, 2.24) is 9.97 Å². The van der Waals surface area contributed by atoms with Crippen molar-refractivity contribution in [3.05, 3.63) is 90.9 Å². The average molecular weight is 375 g/mol. The molecule has 0 amide bonds. The lowest BCUT2D eigenvalue weighted by Gasteiger charge is -2.10. The third kappa shape index (κ3) is 3.52. The fourth-order valence-corrected chi connectivity index (χ4v) is 4.13. The molecule has 0 aliphatic heterocycles. The molecule has 0 aliphatic carbocycles. The van der Waals surface area contributed by atoms with Crippen LogP contribution >= 0.6 is 0 Å². The molecule has 0 spiro atoms. The first-order valence-corrected chi connectivity index (χ1v) is 9.94. The third-order valence-electron chi connectivity index (χ3n) is 4.26. The van der Waals surface area contributed by atoms with Gasteiger partial charge in [0.05, 0.1) is 21.0 Å². The first-order valence-electron chi connectivity index (χ1n) is 8.46. The molecular formula is C21H17N3O2S. The summed E-state index contributed by atoms with van der Waals surface area (Å²) in [5, 5.41) is 4.11. The lowest BCUT2D eigenvalue weighted by molar-refractivity contribution is 0.596. The van der Waals surface area contributed by atoms with E-state index >= 15 is 0 Å². The number of sulfone groups is 1. The summed E-state index contributed by atoms with van der Waals surface area (Å²) in [6, 6.07) is 19.6. The van der Waals surface area contributed by atoms with Gasteiger partial charge in [0.25, 0.3) is 0 Å². The normalized spacial score (nSPS) is 11.4. The third-order valence-corrected chi connectivity index (χ3v) is 5.99. The number of para-hydroxylation sites is 1. The minimum Gasteiger partial charge on any atom is -0.379 e. The molecule has 5 nitrogen and oxygen atoms in total. The van der Waals surface area contributed by atoms with Crippen LogP contribution in [0.1, 0.15) is 5.56 Å². The number of nitrogens with zero attached hydrogens (tertiary/aromatic N) is 2. The van der Waals surface area contributed by atoms with Gasteiger partial charge in [0.1, 0.15) is 0 Å². The van der Waals surface area contributed by atoms with E-state index in [1.54, 1.807) is 48.8 Å². The Balaban J connectivity index is 1.68. The molecule has 4 rings (SSSR count). The number of nitrogens with one attached hydrogen (secondary N) is 1. The number of rotatable bonds is 5. The van der Waals surface area contributed by atoms with Gasteiger partial charge in [-0.15, -0.1) is 0 Å². The van der Waals surface area contributed by atoms with E-state index in [2.05, 4.69) is 15.3 Å². The zero-order valence-electron chi connectivity index (χ0n) is 14.4. The number of hydrogen-bond donors (Lipinski definition) is 1. The molecule has 4 aromatic rings. The summed E-state index contributed by atoms with van der Waals surface area (Å²) in [6.45, 7) is 0.610. The molecule has 0 fully saturated rings. The number of anilines is 1. The highest BCUT2D eigenvalue weighted by Crippen LogP contribution is 2.27. The van der Waals surface area contributed by atoms with E-state index in [1.807, 2.05) is 30.3 Å². The molecule has 2 aromatic carbocycles. The second-order valence-electron chi connectivity index (χ2n) is 6.08. The van der Waals surface area contributed by atoms with Gasteiger partial charge in [0.2, 0.25) is 9.84 Å². The SMILES string of the molecule is O=S(=O)(c1ccccc1)c1cnc2c(NCc3cccnc3)cccc2c1. The molecule has 6 heteroatoms. The van der Waals surface area contributed by atoms with E-state index in [-0.39, 0.29) is 9.79 Å². The first kappa shape index (κ1) is 17.2. The molecule has 0 radical (unpaired) electrons. The van der Waals surface area contributed by atoms with Gasteiger partial charge in [-0.1, -0.05) is 36.4 Å². The topological polar surface area (TPSA) is 72.0 Å². The van der Waals surface area contributed by atoms with Crippen LogP contribution in [-0.2, 0) is 16.4 Å². The molecule has 0 atom stereocenters. The number of benzene rings is 2. The van der Waals surface area contributed by atoms with Crippen LogP contribution in [0.2, 0.25) is 0 Å². The van der Waals surface area contributed by atoms with Crippen molar-refractivity contribution in [3.8, 4) is 0 Å². The Bertz CT molecular complexity index is 1180. The average Bonchev–Trinajstić information content (AvgIpc) is 2.73. The fraction of sp³-hybridized carbons (Fsp3) is 0.0476. The number of pyridine rings is 2. The van der Waals surface area contributed by atoms with Crippen LogP contribution in [0.4, 0.5) is 5.69 Å². The van der Waals surface area contributed by atoms with Gasteiger partial charge < -0.3 is 5.32 Å². The summed E-state index contributed by atoms with van der Waals surface area (Å²) in [5.74, 6) is 0. The van der Waals surface area contributed by atoms with Gasteiger partial charge in [-0.25, -0.2) is 8.42 Å². The van der Waals surface area contributed by atoms with Gasteiger partial charge in [0.15, 0.2) is 0 Å². The standard InChI is InChI=1S/C21H17N3O2S/c25-27(26,18-8-2-1-3-9-18)19-12-17-7-4-10-20(21(17)24-15-19)23-14-16-6-5-11-22-13-16/h1-13,15,23H,14H2. The van der Waals surface area contributed by atoms with Gasteiger partial charge in [-0.2, -0.15) is 0 Å². The van der Waals surface area contributed by atoms with Crippen LogP contribution in [0.15, 0.2) is 95.1 Å². The number of aromatic nitrogens is 2. The first-order chi connectivity index (χ1) is 13.1. The maximum absolute atomic E-state index is 12.8. The molecule has 0 unspecified atom stereocenters. The largest absolute Gasteiger partial charge is 0.379 e. The van der Waals surface area contributed by atoms with Crippen LogP contribution in [0.25, 0.3) is 10.9 Å². The summed E-state index contributed by atoms with van der Waals surface area (Å²) >= 11 is 0. The molecule has 1 N–H and O–H groups in total. The van der Waals surface area contributed by atoms with E-state index in [4.69, 9.17) is 0 Å². The zero-order chi connectivity index (χ0) is 18.7. The van der Waals surface area contributed by atoms with E-state index in [0.29, 0.717) is 6.54 Å². The van der Waals surface area contributed by atoms with E-state index in [9.17, 15) is 8.42 Å². The second-order valence-corrected chi connectivity index (χ2v) is 8.03. The van der Waals surface area contributed by atoms with Crippen LogP contribution in [-0.4, -0.2) is 18.4 Å². The predicted octanol–water partition coefficient (Wildman–Crippen LogP) is 4.07. The minimum absolute atomic E-state index is 0.186. The van der Waals surface area contributed by atoms with Crippen LogP contribution in [0, 0.1) is 0 Å². The maximum Gasteiger partial charge on any atom is 0.208 e. The minimum atomic E-state index is -3.59. The van der Waals surface area contributed by atoms with Crippen LogP contribution < -0.4 is 5.32 Å². The summed E-state index contributed by atoms with van der Waals surface area (Å²) in [4.78, 5) is 8.98. The van der Waals surface area contributed by atoms with Crippen molar-refractivity contribution >= 4 is 26.4 Å². The Hall–Kier alpha value is -3.25. The zero-order valence-corrected chi connectivity index (χ0v) is 15.2. The number of hydrogen-bond acceptors (Lipinski definition) is 5. The van der Waals surface area contributed by atoms with Crippen molar-refractivity contribution in [1.29, 1.82) is 0 Å². The number of fused-ring (bicyclic) bond motifs is 1. The van der Waals surface area contributed by atoms with Crippen LogP contribution in [0.5, 0.6) is 0 Å². The highest BCUT2D eigenvalue weighted by molar-refractivity contribution is 7.91. The molecule has 2 aromatic heterocycles. The molecule has 0 aliphatic rings. The Morgan fingerprint density at radius 3 is 2.48 bits per heavy atom. The van der Waals surface area contributed by atoms with Gasteiger partial charge >= 0.3 is 0 Å². The maximum atomic E-state index is 12.8. The Labute approximate surface area is 157 Å². The highest BCUT2D eigenvalue weighted by Gasteiger charge is 2.18. The molecule has 0 saturated heterocycles. The van der Waals surface area contributed by atoms with E-state index in [1.165, 1.54) is 6.20 Å². The molecule has 134 valence electrons. The lowest BCUT2D eigenvalue weighted by Crippen LogP contribution is -2.04. The summed E-state index contributed by atoms with van der Waals surface area (Å²) in [5.41, 5.74) is 2.63. The molecule has 0 bridgehead atoms. The molecule has 0 saturated carbocycles. The fourth-order valence-electron chi connectivity index (χ4n) is 2.87. The van der Waals surface area contributed by atoms with Crippen molar-refractivity contribution < 1.29 is 8.42 Å². The van der Waals surface area contributed by atoms with Crippen molar-refractivity contribution in [3.63, 3.8) is 0 Å². The van der Waals surface area contributed by atoms with Crippen molar-refractivity contribution in [2.75, 3.05) is 5.32 Å². The summed E-state index contributed by atoms with van der Waals surface area (Å²) in [6.07, 6.45) is 4.95. The summed E-state index contributed by atoms with van der Waals surface area (Å²) < 4.78 is 25.6. The quantitative estimate of drug-likeness (QED) is 0.569. The summed E-state index contributed by atoms with van der Waals surface area (Å²) in [7, 11) is -3.59. The van der Waals surface area contributed by atoms with Gasteiger partial charge in [0, 0.05) is 30.5 Å². The monoisotopic (exact) mass is 375 g/mol. The van der Waals surface area contributed by atoms with Gasteiger partial charge in [-0.3, -0.25) is 9.97 Å². The van der Waals surface area contributed by atoms with Gasteiger partial charge in [-0.05, 0) is 35.9 Å². The Kier molecular flexibility index (Phi) is 4.56. The Morgan fingerprint density at radius 2 is 1.70 bits per heavy atom. The van der Waals surface area contributed by atoms with Crippen molar-refractivity contribution in [2.45, 2.75) is 16.3 Å². The molecule has 27 heavy (non-hydrogen) atoms. The van der Waals surface area contributed by atoms with E-state index in [0.717, 1.165) is 22.2 Å². The highest BCUT2D eigenvalue weighted by atomic mass is 32.2. The Morgan fingerprint density at radius 1 is 0.852 bits per heavy atom. The predicted molar refractivity (Wildman–Crippen MR) is 105 cm³/mol. The molecular weight excluding hydrogens is 358 g/mol. The lowest BCUT2D eigenvalue weighted by atomic mass is 10.2. The second kappa shape index (κ2) is 7.17. The van der Waals surface area contributed by atoms with E-state index < -0.39 is 9.84 Å². The van der Waals surface area contributed by atoms with Crippen LogP contribution in [0.3, 0.4) is 0 Å². The smallest absolute Gasteiger partial charge is 0.208 e. The van der Waals surface area contributed by atoms with Crippen molar-refractivity contribution in [2.24, 2.45) is 0 Å².